The van der Waals surface area contributed by atoms with Crippen LogP contribution < -0.4 is 9.80 Å². The lowest BCUT2D eigenvalue weighted by molar-refractivity contribution is -0.392. The second kappa shape index (κ2) is 11.2. The number of fused-ring (bicyclic) bond motifs is 4. The lowest BCUT2D eigenvalue weighted by atomic mass is 9.56. The first kappa shape index (κ1) is 33.3. The molecule has 2 aromatic carbocycles. The molecule has 4 amide bonds. The SMILES string of the molecule is CN(C)c1c([N+](=O)[O-])cc(N2C(=O)[C@H]3[C@H](CC=C4[C@H]3C[C@@]3(Cl)C(=O)N(CBr)C(=O)[C@@]3(Cl)[C@H]4c3cc(Br)ccc3O)C2=O)cc1[N+](=O)[O-]. The maximum Gasteiger partial charge on any atom is 0.301 e. The Balaban J connectivity index is 1.53. The highest BCUT2D eigenvalue weighted by molar-refractivity contribution is 9.10. The molecule has 1 N–H and O–H groups in total. The van der Waals surface area contributed by atoms with E-state index in [1.807, 2.05) is 0 Å². The molecule has 6 atom stereocenters. The molecule has 4 aliphatic rings. The van der Waals surface area contributed by atoms with E-state index in [-0.39, 0.29) is 41.0 Å². The first-order valence-corrected chi connectivity index (χ1v) is 16.7. The zero-order valence-corrected chi connectivity index (χ0v) is 29.0. The fraction of sp³-hybridized carbons (Fsp3) is 0.379. The van der Waals surface area contributed by atoms with Gasteiger partial charge in [0.05, 0.1) is 32.8 Å². The van der Waals surface area contributed by atoms with E-state index in [4.69, 9.17) is 23.2 Å². The Morgan fingerprint density at radius 1 is 1.00 bits per heavy atom. The van der Waals surface area contributed by atoms with Gasteiger partial charge in [-0.3, -0.25) is 44.3 Å². The van der Waals surface area contributed by atoms with Crippen LogP contribution in [0.2, 0.25) is 0 Å². The Morgan fingerprint density at radius 3 is 2.17 bits per heavy atom. The minimum absolute atomic E-state index is 0.0324. The van der Waals surface area contributed by atoms with Crippen LogP contribution in [0.1, 0.15) is 24.3 Å². The molecule has 47 heavy (non-hydrogen) atoms. The van der Waals surface area contributed by atoms with E-state index in [1.54, 1.807) is 12.1 Å². The Hall–Kier alpha value is -3.60. The van der Waals surface area contributed by atoms with Gasteiger partial charge in [-0.05, 0) is 37.0 Å². The quantitative estimate of drug-likeness (QED) is 0.105. The Labute approximate surface area is 292 Å². The number of nitro benzene ring substituents is 2. The molecule has 0 spiro atoms. The molecule has 6 rings (SSSR count). The number of hydrogen-bond acceptors (Lipinski definition) is 10. The van der Waals surface area contributed by atoms with Crippen LogP contribution >= 0.6 is 55.1 Å². The highest BCUT2D eigenvalue weighted by Gasteiger charge is 2.76. The highest BCUT2D eigenvalue weighted by atomic mass is 79.9. The summed E-state index contributed by atoms with van der Waals surface area (Å²) >= 11 is 20.9. The zero-order chi connectivity index (χ0) is 34.5. The van der Waals surface area contributed by atoms with E-state index >= 15 is 0 Å². The number of rotatable bonds is 6. The number of benzene rings is 2. The van der Waals surface area contributed by atoms with Crippen molar-refractivity contribution in [2.75, 3.05) is 29.3 Å². The van der Waals surface area contributed by atoms with Crippen molar-refractivity contribution >= 4 is 101 Å². The normalized spacial score (nSPS) is 29.8. The van der Waals surface area contributed by atoms with Gasteiger partial charge >= 0.3 is 11.4 Å². The average molecular weight is 816 g/mol. The predicted octanol–water partition coefficient (Wildman–Crippen LogP) is 4.95. The van der Waals surface area contributed by atoms with Gasteiger partial charge in [0.25, 0.3) is 11.8 Å². The van der Waals surface area contributed by atoms with Crippen molar-refractivity contribution in [3.05, 3.63) is 72.2 Å². The molecular formula is C29H23Br2Cl2N5O9. The fourth-order valence-corrected chi connectivity index (χ4v) is 9.36. The topological polar surface area (TPSA) is 185 Å². The molecule has 18 heteroatoms. The van der Waals surface area contributed by atoms with Crippen molar-refractivity contribution in [1.82, 2.24) is 4.90 Å². The van der Waals surface area contributed by atoms with E-state index in [9.17, 15) is 44.5 Å². The first-order chi connectivity index (χ1) is 22.0. The summed E-state index contributed by atoms with van der Waals surface area (Å²) in [6.07, 6.45) is 1.28. The van der Waals surface area contributed by atoms with Gasteiger partial charge < -0.3 is 10.0 Å². The summed E-state index contributed by atoms with van der Waals surface area (Å²) < 4.78 is 0.513. The number of allylic oxidation sites excluding steroid dienone is 2. The summed E-state index contributed by atoms with van der Waals surface area (Å²) in [5, 5.41) is 35.1. The summed E-state index contributed by atoms with van der Waals surface area (Å²) in [7, 11) is 2.77. The molecule has 2 saturated heterocycles. The molecule has 2 aliphatic heterocycles. The second-order valence-corrected chi connectivity index (χ2v) is 14.6. The molecule has 2 aromatic rings. The van der Waals surface area contributed by atoms with Crippen molar-refractivity contribution in [1.29, 1.82) is 0 Å². The Morgan fingerprint density at radius 2 is 1.62 bits per heavy atom. The fourth-order valence-electron chi connectivity index (χ4n) is 7.57. The van der Waals surface area contributed by atoms with Gasteiger partial charge in [-0.1, -0.05) is 43.5 Å². The van der Waals surface area contributed by atoms with Crippen molar-refractivity contribution in [2.24, 2.45) is 17.8 Å². The molecule has 0 aromatic heterocycles. The van der Waals surface area contributed by atoms with Crippen molar-refractivity contribution < 1.29 is 34.1 Å². The molecule has 2 heterocycles. The van der Waals surface area contributed by atoms with Gasteiger partial charge in [0.15, 0.2) is 15.4 Å². The van der Waals surface area contributed by atoms with Crippen LogP contribution in [0.5, 0.6) is 5.75 Å². The zero-order valence-electron chi connectivity index (χ0n) is 24.4. The van der Waals surface area contributed by atoms with E-state index in [2.05, 4.69) is 31.9 Å². The van der Waals surface area contributed by atoms with Crippen LogP contribution in [0.3, 0.4) is 0 Å². The first-order valence-electron chi connectivity index (χ1n) is 14.0. The van der Waals surface area contributed by atoms with E-state index in [0.717, 1.165) is 17.0 Å². The number of carbonyl (C=O) groups is 4. The number of nitrogens with zero attached hydrogens (tertiary/aromatic N) is 5. The van der Waals surface area contributed by atoms with Crippen LogP contribution in [0.25, 0.3) is 0 Å². The van der Waals surface area contributed by atoms with Crippen LogP contribution in [0, 0.1) is 38.0 Å². The summed E-state index contributed by atoms with van der Waals surface area (Å²) in [4.78, 5) is 76.8. The number of aromatic hydroxyl groups is 1. The van der Waals surface area contributed by atoms with Crippen LogP contribution in [-0.4, -0.2) is 72.8 Å². The lowest BCUT2D eigenvalue weighted by Gasteiger charge is -2.50. The molecule has 246 valence electrons. The molecule has 0 bridgehead atoms. The summed E-state index contributed by atoms with van der Waals surface area (Å²) in [6.45, 7) is 0. The van der Waals surface area contributed by atoms with Gasteiger partial charge in [-0.2, -0.15) is 0 Å². The van der Waals surface area contributed by atoms with Gasteiger partial charge in [0.2, 0.25) is 11.8 Å². The molecule has 3 fully saturated rings. The average Bonchev–Trinajstić information content (AvgIpc) is 3.35. The summed E-state index contributed by atoms with van der Waals surface area (Å²) in [5.41, 5.74) is -1.72. The van der Waals surface area contributed by atoms with E-state index in [0.29, 0.717) is 14.9 Å². The van der Waals surface area contributed by atoms with Crippen molar-refractivity contribution in [3.8, 4) is 5.75 Å². The third kappa shape index (κ3) is 4.47. The highest BCUT2D eigenvalue weighted by Crippen LogP contribution is 2.66. The number of nitro groups is 2. The Bertz CT molecular complexity index is 1840. The number of phenolic OH excluding ortho intramolecular Hbond substituents is 1. The summed E-state index contributed by atoms with van der Waals surface area (Å²) in [6, 6.07) is 6.34. The molecule has 2 aliphatic carbocycles. The number of anilines is 2. The van der Waals surface area contributed by atoms with Crippen molar-refractivity contribution in [2.45, 2.75) is 28.5 Å². The predicted molar refractivity (Wildman–Crippen MR) is 176 cm³/mol. The molecule has 0 unspecified atom stereocenters. The Kier molecular flexibility index (Phi) is 7.97. The minimum Gasteiger partial charge on any atom is -0.508 e. The molecule has 1 saturated carbocycles. The third-order valence-electron chi connectivity index (χ3n) is 9.47. The summed E-state index contributed by atoms with van der Waals surface area (Å²) in [5.74, 6) is -7.83. The lowest BCUT2D eigenvalue weighted by Crippen LogP contribution is -2.60. The van der Waals surface area contributed by atoms with Crippen molar-refractivity contribution in [3.63, 3.8) is 0 Å². The van der Waals surface area contributed by atoms with Gasteiger partial charge in [-0.15, -0.1) is 23.2 Å². The number of halogens is 4. The number of amides is 4. The van der Waals surface area contributed by atoms with Gasteiger partial charge in [0.1, 0.15) is 5.75 Å². The van der Waals surface area contributed by atoms with E-state index < -0.39 is 78.3 Å². The van der Waals surface area contributed by atoms with Crippen LogP contribution in [0.4, 0.5) is 22.7 Å². The van der Waals surface area contributed by atoms with E-state index in [1.165, 1.54) is 31.1 Å². The number of alkyl halides is 3. The second-order valence-electron chi connectivity index (χ2n) is 11.9. The monoisotopic (exact) mass is 813 g/mol. The smallest absolute Gasteiger partial charge is 0.301 e. The number of imide groups is 2. The molecule has 14 nitrogen and oxygen atoms in total. The minimum atomic E-state index is -2.14. The molecular weight excluding hydrogens is 793 g/mol. The largest absolute Gasteiger partial charge is 0.508 e. The number of hydrogen-bond donors (Lipinski definition) is 1. The third-order valence-corrected chi connectivity index (χ3v) is 11.9. The van der Waals surface area contributed by atoms with Crippen LogP contribution in [0.15, 0.2) is 46.5 Å². The maximum absolute atomic E-state index is 14.3. The maximum atomic E-state index is 14.3. The number of phenols is 1. The molecule has 0 radical (unpaired) electrons. The standard InChI is InChI=1S/C29H23Br2Cl2N5O9/c1-34(2)23-18(37(44)45)8-13(9-19(23)38(46)47)36-24(40)15-5-4-14-17(21(15)25(36)41)10-28(32)26(42)35(11-30)27(43)29(28,33)22(14)16-7-12(31)3-6-20(16)39/h3-4,6-9,15,17,21-22,39H,5,10-11H2,1-2H3/t15-,17+,21-,22+,28+,29-/m0/s1. The van der Waals surface area contributed by atoms with Gasteiger partial charge in [-0.25, -0.2) is 4.90 Å². The number of likely N-dealkylation sites (tertiary alicyclic amines) is 1. The van der Waals surface area contributed by atoms with Gasteiger partial charge in [0, 0.05) is 42.2 Å². The number of carbonyl (C=O) groups excluding carboxylic acids is 4. The van der Waals surface area contributed by atoms with Crippen LogP contribution in [-0.2, 0) is 19.2 Å².